The second-order valence-corrected chi connectivity index (χ2v) is 7.95. The predicted octanol–water partition coefficient (Wildman–Crippen LogP) is 3.34. The van der Waals surface area contributed by atoms with Gasteiger partial charge in [-0.05, 0) is 31.0 Å². The highest BCUT2D eigenvalue weighted by molar-refractivity contribution is 7.18. The SMILES string of the molecule is N#CC(c1ccnc(N2CCC(O)CC2)n1)c1nc2ccccc2s1.O=C(O)C(F)(F)F. The van der Waals surface area contributed by atoms with Crippen LogP contribution in [-0.4, -0.2) is 56.5 Å². The number of fused-ring (bicyclic) bond motifs is 1. The van der Waals surface area contributed by atoms with E-state index in [9.17, 15) is 23.5 Å². The number of rotatable bonds is 3. The fraction of sp³-hybridized carbons (Fsp3) is 0.350. The van der Waals surface area contributed by atoms with Crippen molar-refractivity contribution in [1.82, 2.24) is 15.0 Å². The predicted molar refractivity (Wildman–Crippen MR) is 110 cm³/mol. The first-order valence-electron chi connectivity index (χ1n) is 9.50. The van der Waals surface area contributed by atoms with Crippen LogP contribution in [0, 0.1) is 11.3 Å². The Balaban J connectivity index is 0.000000360. The number of aromatic nitrogens is 3. The fourth-order valence-electron chi connectivity index (χ4n) is 3.00. The van der Waals surface area contributed by atoms with Crippen molar-refractivity contribution in [2.24, 2.45) is 0 Å². The van der Waals surface area contributed by atoms with E-state index in [1.54, 1.807) is 12.3 Å². The van der Waals surface area contributed by atoms with Crippen molar-refractivity contribution < 1.29 is 28.2 Å². The number of aliphatic carboxylic acids is 1. The highest BCUT2D eigenvalue weighted by Crippen LogP contribution is 2.31. The van der Waals surface area contributed by atoms with E-state index in [-0.39, 0.29) is 6.10 Å². The molecule has 0 spiro atoms. The Hall–Kier alpha value is -3.30. The smallest absolute Gasteiger partial charge is 0.475 e. The highest BCUT2D eigenvalue weighted by Gasteiger charge is 2.38. The van der Waals surface area contributed by atoms with Gasteiger partial charge in [0.05, 0.1) is 28.1 Å². The van der Waals surface area contributed by atoms with Gasteiger partial charge in [-0.25, -0.2) is 19.7 Å². The molecular weight excluding hydrogens is 447 g/mol. The van der Waals surface area contributed by atoms with E-state index in [2.05, 4.69) is 25.9 Å². The molecular formula is C20H18F3N5O3S. The summed E-state index contributed by atoms with van der Waals surface area (Å²) in [6.07, 6.45) is -2.20. The van der Waals surface area contributed by atoms with Crippen LogP contribution in [0.4, 0.5) is 19.1 Å². The van der Waals surface area contributed by atoms with Crippen molar-refractivity contribution in [3.8, 4) is 6.07 Å². The number of aliphatic hydroxyl groups excluding tert-OH is 1. The Morgan fingerprint density at radius 1 is 1.22 bits per heavy atom. The molecule has 0 aliphatic carbocycles. The van der Waals surface area contributed by atoms with E-state index < -0.39 is 18.1 Å². The minimum absolute atomic E-state index is 0.242. The van der Waals surface area contributed by atoms with Crippen molar-refractivity contribution in [2.45, 2.75) is 31.0 Å². The lowest BCUT2D eigenvalue weighted by Crippen LogP contribution is -2.37. The van der Waals surface area contributed by atoms with Gasteiger partial charge in [0.1, 0.15) is 10.9 Å². The number of hydrogen-bond donors (Lipinski definition) is 2. The lowest BCUT2D eigenvalue weighted by Gasteiger charge is -2.29. The molecule has 1 saturated heterocycles. The summed E-state index contributed by atoms with van der Waals surface area (Å²) in [5, 5.41) is 27.2. The molecule has 3 heterocycles. The number of halogens is 3. The molecule has 1 atom stereocenters. The van der Waals surface area contributed by atoms with Crippen molar-refractivity contribution in [2.75, 3.05) is 18.0 Å². The van der Waals surface area contributed by atoms with Gasteiger partial charge in [-0.15, -0.1) is 11.3 Å². The largest absolute Gasteiger partial charge is 0.490 e. The summed E-state index contributed by atoms with van der Waals surface area (Å²) in [6.45, 7) is 1.45. The van der Waals surface area contributed by atoms with Gasteiger partial charge in [0, 0.05) is 19.3 Å². The monoisotopic (exact) mass is 465 g/mol. The Morgan fingerprint density at radius 2 is 1.88 bits per heavy atom. The van der Waals surface area contributed by atoms with Crippen LogP contribution >= 0.6 is 11.3 Å². The van der Waals surface area contributed by atoms with Gasteiger partial charge in [0.25, 0.3) is 0 Å². The summed E-state index contributed by atoms with van der Waals surface area (Å²) >= 11 is 1.53. The number of nitriles is 1. The number of carbonyl (C=O) groups is 1. The van der Waals surface area contributed by atoms with Crippen LogP contribution in [0.3, 0.4) is 0 Å². The van der Waals surface area contributed by atoms with E-state index in [1.165, 1.54) is 11.3 Å². The molecule has 12 heteroatoms. The lowest BCUT2D eigenvalue weighted by atomic mass is 10.1. The van der Waals surface area contributed by atoms with E-state index in [4.69, 9.17) is 9.90 Å². The summed E-state index contributed by atoms with van der Waals surface area (Å²) in [6, 6.07) is 12.0. The zero-order valence-electron chi connectivity index (χ0n) is 16.5. The van der Waals surface area contributed by atoms with Gasteiger partial charge in [-0.1, -0.05) is 12.1 Å². The molecule has 2 aromatic heterocycles. The van der Waals surface area contributed by atoms with Crippen LogP contribution in [0.15, 0.2) is 36.5 Å². The molecule has 1 unspecified atom stereocenters. The average molecular weight is 465 g/mol. The molecule has 32 heavy (non-hydrogen) atoms. The number of aliphatic hydroxyl groups is 1. The maximum absolute atomic E-state index is 10.6. The van der Waals surface area contributed by atoms with Crippen molar-refractivity contribution in [3.63, 3.8) is 0 Å². The molecule has 1 aliphatic heterocycles. The number of piperidine rings is 1. The summed E-state index contributed by atoms with van der Waals surface area (Å²) in [5.74, 6) is -2.65. The van der Waals surface area contributed by atoms with Crippen LogP contribution in [0.5, 0.6) is 0 Å². The van der Waals surface area contributed by atoms with Gasteiger partial charge in [-0.3, -0.25) is 0 Å². The van der Waals surface area contributed by atoms with Crippen LogP contribution in [-0.2, 0) is 4.79 Å². The molecule has 0 radical (unpaired) electrons. The van der Waals surface area contributed by atoms with Gasteiger partial charge >= 0.3 is 12.1 Å². The van der Waals surface area contributed by atoms with Crippen LogP contribution < -0.4 is 4.90 Å². The molecule has 2 N–H and O–H groups in total. The number of carboxylic acid groups (broad SMARTS) is 1. The van der Waals surface area contributed by atoms with Crippen molar-refractivity contribution in [3.05, 3.63) is 47.2 Å². The van der Waals surface area contributed by atoms with Gasteiger partial charge in [0.2, 0.25) is 5.95 Å². The average Bonchev–Trinajstić information content (AvgIpc) is 3.18. The number of nitrogens with zero attached hydrogens (tertiary/aromatic N) is 5. The third kappa shape index (κ3) is 5.68. The Labute approximate surface area is 184 Å². The van der Waals surface area contributed by atoms with Crippen molar-refractivity contribution in [1.29, 1.82) is 5.26 Å². The second-order valence-electron chi connectivity index (χ2n) is 6.88. The molecule has 0 saturated carbocycles. The molecule has 168 valence electrons. The molecule has 1 aromatic carbocycles. The molecule has 4 rings (SSSR count). The molecule has 1 fully saturated rings. The normalized spacial score (nSPS) is 15.5. The van der Waals surface area contributed by atoms with Crippen LogP contribution in [0.2, 0.25) is 0 Å². The zero-order valence-corrected chi connectivity index (χ0v) is 17.3. The first-order valence-corrected chi connectivity index (χ1v) is 10.3. The topological polar surface area (TPSA) is 123 Å². The van der Waals surface area contributed by atoms with Gasteiger partial charge in [0.15, 0.2) is 0 Å². The van der Waals surface area contributed by atoms with Crippen LogP contribution in [0.1, 0.15) is 29.5 Å². The van der Waals surface area contributed by atoms with Crippen molar-refractivity contribution >= 4 is 33.5 Å². The Bertz CT molecular complexity index is 1090. The third-order valence-corrected chi connectivity index (χ3v) is 5.74. The van der Waals surface area contributed by atoms with E-state index >= 15 is 0 Å². The molecule has 1 aliphatic rings. The van der Waals surface area contributed by atoms with E-state index in [0.29, 0.717) is 24.5 Å². The number of hydrogen-bond acceptors (Lipinski definition) is 8. The number of carboxylic acids is 1. The van der Waals surface area contributed by atoms with Gasteiger partial charge < -0.3 is 15.1 Å². The van der Waals surface area contributed by atoms with E-state index in [0.717, 1.165) is 28.3 Å². The number of alkyl halides is 3. The number of para-hydroxylation sites is 1. The quantitative estimate of drug-likeness (QED) is 0.604. The number of thiazole rings is 1. The number of benzene rings is 1. The third-order valence-electron chi connectivity index (χ3n) is 4.64. The minimum atomic E-state index is -5.08. The summed E-state index contributed by atoms with van der Waals surface area (Å²) in [7, 11) is 0. The summed E-state index contributed by atoms with van der Waals surface area (Å²) < 4.78 is 32.8. The number of anilines is 1. The lowest BCUT2D eigenvalue weighted by molar-refractivity contribution is -0.192. The maximum atomic E-state index is 10.6. The molecule has 0 bridgehead atoms. The first-order chi connectivity index (χ1) is 15.2. The first kappa shape index (κ1) is 23.4. The van der Waals surface area contributed by atoms with Gasteiger partial charge in [-0.2, -0.15) is 18.4 Å². The molecule has 0 amide bonds. The standard InChI is InChI=1S/C18H17N5OS.C2HF3O2/c19-11-13(17-21-15-3-1-2-4-16(15)25-17)14-5-8-20-18(22-14)23-9-6-12(24)7-10-23;3-2(4,5)1(6)7/h1-5,8,12-13,24H,6-7,9-10H2;(H,6,7). The zero-order chi connectivity index (χ0) is 23.3. The second kappa shape index (κ2) is 9.88. The minimum Gasteiger partial charge on any atom is -0.475 e. The van der Waals surface area contributed by atoms with Crippen LogP contribution in [0.25, 0.3) is 10.2 Å². The Kier molecular flexibility index (Phi) is 7.22. The van der Waals surface area contributed by atoms with E-state index in [1.807, 2.05) is 24.3 Å². The Morgan fingerprint density at radius 3 is 2.47 bits per heavy atom. The molecule has 3 aromatic rings. The fourth-order valence-corrected chi connectivity index (χ4v) is 4.03. The highest BCUT2D eigenvalue weighted by atomic mass is 32.1. The summed E-state index contributed by atoms with van der Waals surface area (Å²) in [4.78, 5) is 24.5. The maximum Gasteiger partial charge on any atom is 0.490 e. The molecule has 8 nitrogen and oxygen atoms in total. The summed E-state index contributed by atoms with van der Waals surface area (Å²) in [5.41, 5.74) is 1.57.